The van der Waals surface area contributed by atoms with Crippen LogP contribution in [0.4, 0.5) is 0 Å². The molecule has 4 rings (SSSR count). The van der Waals surface area contributed by atoms with Gasteiger partial charge in [0.05, 0.1) is 19.2 Å². The highest BCUT2D eigenvalue weighted by Gasteiger charge is 2.13. The zero-order valence-electron chi connectivity index (χ0n) is 15.6. The number of rotatable bonds is 7. The van der Waals surface area contributed by atoms with Crippen LogP contribution in [0.15, 0.2) is 64.5 Å². The summed E-state index contributed by atoms with van der Waals surface area (Å²) in [7, 11) is 1.60. The Balaban J connectivity index is 1.32. The minimum Gasteiger partial charge on any atom is -0.497 e. The summed E-state index contributed by atoms with van der Waals surface area (Å²) in [6.45, 7) is -0.0613. The first-order valence-corrected chi connectivity index (χ1v) is 9.71. The zero-order valence-corrected chi connectivity index (χ0v) is 16.4. The molecule has 4 aromatic rings. The molecular formula is C21H17N3O4S. The predicted molar refractivity (Wildman–Crippen MR) is 107 cm³/mol. The van der Waals surface area contributed by atoms with Gasteiger partial charge >= 0.3 is 5.97 Å². The maximum atomic E-state index is 12.1. The van der Waals surface area contributed by atoms with E-state index >= 15 is 0 Å². The van der Waals surface area contributed by atoms with E-state index in [2.05, 4.69) is 15.1 Å². The summed E-state index contributed by atoms with van der Waals surface area (Å²) < 4.78 is 15.6. The number of benzene rings is 2. The van der Waals surface area contributed by atoms with Crippen LogP contribution in [0, 0.1) is 0 Å². The van der Waals surface area contributed by atoms with Gasteiger partial charge in [-0.15, -0.1) is 11.3 Å². The summed E-state index contributed by atoms with van der Waals surface area (Å²) in [6.07, 6.45) is 0.0898. The van der Waals surface area contributed by atoms with Crippen molar-refractivity contribution in [2.45, 2.75) is 13.0 Å². The fourth-order valence-corrected chi connectivity index (χ4v) is 3.43. The normalized spacial score (nSPS) is 10.7. The molecule has 0 fully saturated rings. The first-order valence-electron chi connectivity index (χ1n) is 8.84. The van der Waals surface area contributed by atoms with Crippen LogP contribution >= 0.6 is 11.3 Å². The van der Waals surface area contributed by atoms with Gasteiger partial charge in [0.15, 0.2) is 6.61 Å². The Morgan fingerprint density at radius 2 is 1.83 bits per heavy atom. The Morgan fingerprint density at radius 1 is 1.03 bits per heavy atom. The monoisotopic (exact) mass is 407 g/mol. The van der Waals surface area contributed by atoms with Crippen LogP contribution in [-0.4, -0.2) is 28.2 Å². The number of carbonyl (C=O) groups excluding carboxylic acids is 1. The second kappa shape index (κ2) is 8.66. The number of hydrogen-bond donors (Lipinski definition) is 0. The molecule has 0 unspecified atom stereocenters. The van der Waals surface area contributed by atoms with E-state index in [9.17, 15) is 4.79 Å². The van der Waals surface area contributed by atoms with Crippen molar-refractivity contribution < 1.29 is 18.8 Å². The molecule has 8 heteroatoms. The fourth-order valence-electron chi connectivity index (χ4n) is 2.61. The summed E-state index contributed by atoms with van der Waals surface area (Å²) in [6, 6.07) is 17.1. The second-order valence-corrected chi connectivity index (χ2v) is 6.95. The molecule has 0 saturated carbocycles. The molecule has 146 valence electrons. The Bertz CT molecular complexity index is 1090. The highest BCUT2D eigenvalue weighted by Crippen LogP contribution is 2.24. The van der Waals surface area contributed by atoms with Gasteiger partial charge in [0.2, 0.25) is 5.82 Å². The van der Waals surface area contributed by atoms with Gasteiger partial charge in [0.1, 0.15) is 10.8 Å². The largest absolute Gasteiger partial charge is 0.497 e. The van der Waals surface area contributed by atoms with Crippen molar-refractivity contribution in [2.75, 3.05) is 7.11 Å². The highest BCUT2D eigenvalue weighted by atomic mass is 32.1. The molecule has 0 bridgehead atoms. The molecule has 0 amide bonds. The number of thiazole rings is 1. The minimum absolute atomic E-state index is 0.0613. The molecule has 29 heavy (non-hydrogen) atoms. The summed E-state index contributed by atoms with van der Waals surface area (Å²) in [5, 5.41) is 6.58. The Hall–Kier alpha value is -3.52. The molecular weight excluding hydrogens is 390 g/mol. The van der Waals surface area contributed by atoms with Crippen LogP contribution in [0.2, 0.25) is 0 Å². The third-order valence-corrected chi connectivity index (χ3v) is 5.01. The highest BCUT2D eigenvalue weighted by molar-refractivity contribution is 7.13. The first kappa shape index (κ1) is 18.8. The van der Waals surface area contributed by atoms with E-state index in [-0.39, 0.29) is 13.0 Å². The van der Waals surface area contributed by atoms with Crippen molar-refractivity contribution in [3.05, 3.63) is 71.5 Å². The van der Waals surface area contributed by atoms with Crippen molar-refractivity contribution in [3.8, 4) is 27.8 Å². The Morgan fingerprint density at radius 3 is 2.59 bits per heavy atom. The lowest BCUT2D eigenvalue weighted by Gasteiger charge is -2.00. The van der Waals surface area contributed by atoms with Crippen LogP contribution in [0.3, 0.4) is 0 Å². The van der Waals surface area contributed by atoms with Crippen LogP contribution in [0.5, 0.6) is 5.75 Å². The fraction of sp³-hybridized carbons (Fsp3) is 0.143. The summed E-state index contributed by atoms with van der Waals surface area (Å²) in [5.74, 6) is 0.990. The SMILES string of the molecule is COc1ccc(-c2nc(COC(=O)Cc3csc(-c4ccccc4)n3)no2)cc1. The lowest BCUT2D eigenvalue weighted by Crippen LogP contribution is -2.09. The van der Waals surface area contributed by atoms with Gasteiger partial charge in [0, 0.05) is 16.5 Å². The van der Waals surface area contributed by atoms with Crippen molar-refractivity contribution in [1.29, 1.82) is 0 Å². The van der Waals surface area contributed by atoms with E-state index in [1.165, 1.54) is 11.3 Å². The number of hydrogen-bond acceptors (Lipinski definition) is 8. The van der Waals surface area contributed by atoms with Crippen LogP contribution in [0.25, 0.3) is 22.0 Å². The molecule has 0 saturated heterocycles. The molecule has 2 heterocycles. The molecule has 0 spiro atoms. The van der Waals surface area contributed by atoms with Gasteiger partial charge in [-0.05, 0) is 24.3 Å². The van der Waals surface area contributed by atoms with Crippen LogP contribution in [0.1, 0.15) is 11.5 Å². The molecule has 0 atom stereocenters. The van der Waals surface area contributed by atoms with Crippen molar-refractivity contribution >= 4 is 17.3 Å². The molecule has 2 aromatic carbocycles. The summed E-state index contributed by atoms with van der Waals surface area (Å²) in [5.41, 5.74) is 2.45. The first-order chi connectivity index (χ1) is 14.2. The molecule has 0 aliphatic heterocycles. The molecule has 2 aromatic heterocycles. The van der Waals surface area contributed by atoms with Crippen LogP contribution in [-0.2, 0) is 22.6 Å². The maximum absolute atomic E-state index is 12.1. The van der Waals surface area contributed by atoms with E-state index in [0.29, 0.717) is 17.4 Å². The van der Waals surface area contributed by atoms with Gasteiger partial charge < -0.3 is 14.0 Å². The minimum atomic E-state index is -0.397. The average molecular weight is 407 g/mol. The maximum Gasteiger partial charge on any atom is 0.312 e. The standard InChI is InChI=1S/C21H17N3O4S/c1-26-17-9-7-14(8-10-17)20-23-18(24-28-20)12-27-19(25)11-16-13-29-21(22-16)15-5-3-2-4-6-15/h2-10,13H,11-12H2,1H3. The number of esters is 1. The molecule has 7 nitrogen and oxygen atoms in total. The van der Waals surface area contributed by atoms with Crippen molar-refractivity contribution in [2.24, 2.45) is 0 Å². The Kier molecular flexibility index (Phi) is 5.62. The van der Waals surface area contributed by atoms with Gasteiger partial charge in [-0.3, -0.25) is 4.79 Å². The van der Waals surface area contributed by atoms with Gasteiger partial charge in [-0.1, -0.05) is 35.5 Å². The lowest BCUT2D eigenvalue weighted by molar-refractivity contribution is -0.144. The van der Waals surface area contributed by atoms with Crippen molar-refractivity contribution in [3.63, 3.8) is 0 Å². The number of methoxy groups -OCH3 is 1. The van der Waals surface area contributed by atoms with Gasteiger partial charge in [-0.2, -0.15) is 4.98 Å². The number of ether oxygens (including phenoxy) is 2. The Labute approximate surface area is 170 Å². The number of carbonyl (C=O) groups is 1. The van der Waals surface area contributed by atoms with E-state index in [4.69, 9.17) is 14.0 Å². The van der Waals surface area contributed by atoms with E-state index in [1.807, 2.05) is 47.8 Å². The van der Waals surface area contributed by atoms with E-state index in [1.54, 1.807) is 19.2 Å². The average Bonchev–Trinajstić information content (AvgIpc) is 3.43. The second-order valence-electron chi connectivity index (χ2n) is 6.09. The van der Waals surface area contributed by atoms with E-state index in [0.717, 1.165) is 21.9 Å². The smallest absolute Gasteiger partial charge is 0.312 e. The molecule has 0 N–H and O–H groups in total. The number of nitrogens with zero attached hydrogens (tertiary/aromatic N) is 3. The zero-order chi connectivity index (χ0) is 20.1. The topological polar surface area (TPSA) is 87.3 Å². The predicted octanol–water partition coefficient (Wildman–Crippen LogP) is 4.15. The quantitative estimate of drug-likeness (QED) is 0.425. The third-order valence-electron chi connectivity index (χ3n) is 4.07. The molecule has 0 radical (unpaired) electrons. The van der Waals surface area contributed by atoms with Crippen LogP contribution < -0.4 is 4.74 Å². The third kappa shape index (κ3) is 4.67. The number of aromatic nitrogens is 3. The van der Waals surface area contributed by atoms with Gasteiger partial charge in [0.25, 0.3) is 5.89 Å². The van der Waals surface area contributed by atoms with Crippen molar-refractivity contribution in [1.82, 2.24) is 15.1 Å². The molecule has 0 aliphatic carbocycles. The van der Waals surface area contributed by atoms with Gasteiger partial charge in [-0.25, -0.2) is 4.98 Å². The lowest BCUT2D eigenvalue weighted by atomic mass is 10.2. The molecule has 0 aliphatic rings. The summed E-state index contributed by atoms with van der Waals surface area (Å²) >= 11 is 1.50. The summed E-state index contributed by atoms with van der Waals surface area (Å²) in [4.78, 5) is 20.9. The van der Waals surface area contributed by atoms with E-state index < -0.39 is 5.97 Å².